The summed E-state index contributed by atoms with van der Waals surface area (Å²) in [5.41, 5.74) is 5.88. The minimum Gasteiger partial charge on any atom is -0.497 e. The molecule has 0 atom stereocenters. The number of hydrogen-bond acceptors (Lipinski definition) is 5. The minimum atomic E-state index is -0.853. The molecule has 41 heavy (non-hydrogen) atoms. The lowest BCUT2D eigenvalue weighted by Gasteiger charge is -2.14. The van der Waals surface area contributed by atoms with Gasteiger partial charge in [0.2, 0.25) is 0 Å². The molecule has 7 heteroatoms. The predicted molar refractivity (Wildman–Crippen MR) is 160 cm³/mol. The number of nitrogens with zero attached hydrogens (tertiary/aromatic N) is 2. The van der Waals surface area contributed by atoms with Crippen LogP contribution in [0.3, 0.4) is 0 Å². The van der Waals surface area contributed by atoms with E-state index in [1.807, 2.05) is 78.3 Å². The third-order valence-electron chi connectivity index (χ3n) is 6.84. The monoisotopic (exact) mass is 548 g/mol. The highest BCUT2D eigenvalue weighted by atomic mass is 16.5. The van der Waals surface area contributed by atoms with E-state index in [4.69, 9.17) is 14.2 Å². The van der Waals surface area contributed by atoms with Crippen molar-refractivity contribution in [1.82, 2.24) is 9.55 Å². The first-order valence-electron chi connectivity index (χ1n) is 13.4. The van der Waals surface area contributed by atoms with Gasteiger partial charge < -0.3 is 23.9 Å². The zero-order valence-corrected chi connectivity index (χ0v) is 23.1. The van der Waals surface area contributed by atoms with Gasteiger partial charge in [0.25, 0.3) is 0 Å². The van der Waals surface area contributed by atoms with Gasteiger partial charge in [0.05, 0.1) is 18.1 Å². The van der Waals surface area contributed by atoms with Gasteiger partial charge in [-0.2, -0.15) is 0 Å². The number of hydrogen-bond donors (Lipinski definition) is 1. The molecule has 0 saturated carbocycles. The van der Waals surface area contributed by atoms with E-state index >= 15 is 0 Å². The molecular weight excluding hydrogens is 516 g/mol. The van der Waals surface area contributed by atoms with Gasteiger partial charge in [0.15, 0.2) is 0 Å². The van der Waals surface area contributed by atoms with E-state index in [-0.39, 0.29) is 13.0 Å². The van der Waals surface area contributed by atoms with Gasteiger partial charge in [-0.1, -0.05) is 72.8 Å². The Balaban J connectivity index is 1.27. The first kappa shape index (κ1) is 27.5. The number of ether oxygens (including phenoxy) is 3. The van der Waals surface area contributed by atoms with E-state index in [2.05, 4.69) is 41.4 Å². The van der Waals surface area contributed by atoms with Crippen LogP contribution < -0.4 is 14.2 Å². The van der Waals surface area contributed by atoms with Gasteiger partial charge in [0.1, 0.15) is 36.3 Å². The van der Waals surface area contributed by atoms with Crippen LogP contribution in [-0.4, -0.2) is 27.7 Å². The van der Waals surface area contributed by atoms with Crippen LogP contribution in [0.5, 0.6) is 17.2 Å². The second kappa shape index (κ2) is 12.9. The maximum absolute atomic E-state index is 11.2. The highest BCUT2D eigenvalue weighted by Crippen LogP contribution is 2.28. The summed E-state index contributed by atoms with van der Waals surface area (Å²) >= 11 is 0. The van der Waals surface area contributed by atoms with Gasteiger partial charge in [-0.05, 0) is 46.9 Å². The zero-order chi connectivity index (χ0) is 28.6. The van der Waals surface area contributed by atoms with Crippen LogP contribution in [0.25, 0.3) is 23.2 Å². The molecule has 0 bridgehead atoms. The molecule has 0 fully saturated rings. The van der Waals surface area contributed by atoms with Crippen LogP contribution in [0.1, 0.15) is 34.5 Å². The lowest BCUT2D eigenvalue weighted by atomic mass is 10.1. The number of carbonyl (C=O) groups is 1. The van der Waals surface area contributed by atoms with Gasteiger partial charge in [-0.3, -0.25) is 4.79 Å². The van der Waals surface area contributed by atoms with Gasteiger partial charge >= 0.3 is 5.97 Å². The molecule has 5 aromatic rings. The molecule has 0 aliphatic carbocycles. The number of benzene rings is 4. The summed E-state index contributed by atoms with van der Waals surface area (Å²) in [5.74, 6) is 1.91. The topological polar surface area (TPSA) is 82.8 Å². The average molecular weight is 549 g/mol. The van der Waals surface area contributed by atoms with Crippen molar-refractivity contribution in [3.05, 3.63) is 119 Å². The highest BCUT2D eigenvalue weighted by Gasteiger charge is 2.12. The number of imidazole rings is 1. The van der Waals surface area contributed by atoms with Crippen molar-refractivity contribution < 1.29 is 24.1 Å². The Hall–Kier alpha value is -5.04. The van der Waals surface area contributed by atoms with Crippen molar-refractivity contribution in [1.29, 1.82) is 0 Å². The molecular formula is C34H32N2O5. The second-order valence-corrected chi connectivity index (χ2v) is 9.67. The molecule has 0 amide bonds. The third kappa shape index (κ3) is 7.13. The Morgan fingerprint density at radius 1 is 0.854 bits per heavy atom. The average Bonchev–Trinajstić information content (AvgIpc) is 3.32. The molecule has 1 aromatic heterocycles. The van der Waals surface area contributed by atoms with Crippen LogP contribution >= 0.6 is 0 Å². The van der Waals surface area contributed by atoms with Crippen molar-refractivity contribution in [3.63, 3.8) is 0 Å². The number of carboxylic acids is 1. The molecule has 7 nitrogen and oxygen atoms in total. The highest BCUT2D eigenvalue weighted by molar-refractivity contribution is 5.77. The standard InChI is InChI=1S/C34H32N2O5/c1-36-31-20-28(39-2)17-18-30(31)35-33(36)23-40-29-16-14-27(15-19-34(37)38)32(21-29)41-22-26-12-10-25(11-13-26)9-8-24-6-4-3-5-7-24/h3-14,16-18,20-21H,15,19,22-23H2,1-2H3,(H,37,38). The van der Waals surface area contributed by atoms with Gasteiger partial charge in [-0.15, -0.1) is 0 Å². The number of aromatic nitrogens is 2. The predicted octanol–water partition coefficient (Wildman–Crippen LogP) is 6.93. The Morgan fingerprint density at radius 2 is 1.59 bits per heavy atom. The van der Waals surface area contributed by atoms with Crippen molar-refractivity contribution in [2.24, 2.45) is 7.05 Å². The quantitative estimate of drug-likeness (QED) is 0.170. The van der Waals surface area contributed by atoms with Crippen LogP contribution in [0, 0.1) is 0 Å². The number of fused-ring (bicyclic) bond motifs is 1. The summed E-state index contributed by atoms with van der Waals surface area (Å²) in [6.07, 6.45) is 4.53. The molecule has 4 aromatic carbocycles. The molecule has 1 heterocycles. The normalized spacial score (nSPS) is 11.2. The Morgan fingerprint density at radius 3 is 2.32 bits per heavy atom. The Labute approximate surface area is 239 Å². The van der Waals surface area contributed by atoms with Crippen molar-refractivity contribution >= 4 is 29.2 Å². The molecule has 208 valence electrons. The van der Waals surface area contributed by atoms with E-state index < -0.39 is 5.97 Å². The maximum Gasteiger partial charge on any atom is 0.303 e. The second-order valence-electron chi connectivity index (χ2n) is 9.67. The van der Waals surface area contributed by atoms with Crippen LogP contribution in [0.15, 0.2) is 91.0 Å². The summed E-state index contributed by atoms with van der Waals surface area (Å²) < 4.78 is 19.6. The SMILES string of the molecule is COc1ccc2nc(COc3ccc(CCC(=O)O)c(OCc4ccc(C=Cc5ccccc5)cc4)c3)n(C)c2c1. The third-order valence-corrected chi connectivity index (χ3v) is 6.84. The molecule has 0 saturated heterocycles. The summed E-state index contributed by atoms with van der Waals surface area (Å²) in [6.45, 7) is 0.609. The molecule has 0 spiro atoms. The lowest BCUT2D eigenvalue weighted by molar-refractivity contribution is -0.136. The van der Waals surface area contributed by atoms with E-state index in [1.54, 1.807) is 7.11 Å². The number of methoxy groups -OCH3 is 1. The fraction of sp³-hybridized carbons (Fsp3) is 0.176. The number of aryl methyl sites for hydroxylation is 2. The number of aliphatic carboxylic acids is 1. The fourth-order valence-electron chi connectivity index (χ4n) is 4.47. The number of rotatable bonds is 12. The molecule has 0 unspecified atom stereocenters. The molecule has 0 aliphatic rings. The summed E-state index contributed by atoms with van der Waals surface area (Å²) in [5, 5.41) is 9.21. The van der Waals surface area contributed by atoms with Gasteiger partial charge in [0, 0.05) is 25.6 Å². The smallest absolute Gasteiger partial charge is 0.303 e. The van der Waals surface area contributed by atoms with E-state index in [1.165, 1.54) is 0 Å². The maximum atomic E-state index is 11.2. The minimum absolute atomic E-state index is 0.0162. The van der Waals surface area contributed by atoms with E-state index in [9.17, 15) is 9.90 Å². The Bertz CT molecular complexity index is 1660. The Kier molecular flexibility index (Phi) is 8.64. The lowest BCUT2D eigenvalue weighted by Crippen LogP contribution is -2.05. The molecule has 1 N–H and O–H groups in total. The molecule has 5 rings (SSSR count). The van der Waals surface area contributed by atoms with Crippen LogP contribution in [-0.2, 0) is 31.5 Å². The van der Waals surface area contributed by atoms with E-state index in [0.717, 1.165) is 44.9 Å². The van der Waals surface area contributed by atoms with Crippen molar-refractivity contribution in [2.75, 3.05) is 7.11 Å². The van der Waals surface area contributed by atoms with Gasteiger partial charge in [-0.25, -0.2) is 4.98 Å². The zero-order valence-electron chi connectivity index (χ0n) is 23.1. The van der Waals surface area contributed by atoms with Crippen molar-refractivity contribution in [3.8, 4) is 17.2 Å². The van der Waals surface area contributed by atoms with E-state index in [0.29, 0.717) is 24.5 Å². The first-order valence-corrected chi connectivity index (χ1v) is 13.4. The number of carboxylic acid groups (broad SMARTS) is 1. The van der Waals surface area contributed by atoms with Crippen molar-refractivity contribution in [2.45, 2.75) is 26.1 Å². The molecule has 0 aliphatic heterocycles. The summed E-state index contributed by atoms with van der Waals surface area (Å²) in [7, 11) is 3.58. The first-order chi connectivity index (χ1) is 20.0. The largest absolute Gasteiger partial charge is 0.497 e. The van der Waals surface area contributed by atoms with Crippen LogP contribution in [0.4, 0.5) is 0 Å². The fourth-order valence-corrected chi connectivity index (χ4v) is 4.47. The summed E-state index contributed by atoms with van der Waals surface area (Å²) in [4.78, 5) is 15.9. The molecule has 0 radical (unpaired) electrons. The van der Waals surface area contributed by atoms with Crippen LogP contribution in [0.2, 0.25) is 0 Å². The summed E-state index contributed by atoms with van der Waals surface area (Å²) in [6, 6.07) is 29.6.